The summed E-state index contributed by atoms with van der Waals surface area (Å²) in [5, 5.41) is 5.25. The van der Waals surface area contributed by atoms with Gasteiger partial charge in [-0.25, -0.2) is 4.98 Å². The molecule has 0 radical (unpaired) electrons. The number of hydrogen-bond acceptors (Lipinski definition) is 1. The fourth-order valence-electron chi connectivity index (χ4n) is 7.32. The second-order valence-corrected chi connectivity index (χ2v) is 24.6. The lowest BCUT2D eigenvalue weighted by Gasteiger charge is -2.33. The summed E-state index contributed by atoms with van der Waals surface area (Å²) in [6.07, 6.45) is 0. The van der Waals surface area contributed by atoms with Crippen molar-refractivity contribution in [1.82, 2.24) is 4.98 Å². The summed E-state index contributed by atoms with van der Waals surface area (Å²) in [7, 11) is 2.32. The van der Waals surface area contributed by atoms with Crippen LogP contribution in [0.3, 0.4) is 0 Å². The molecule has 0 fully saturated rings. The maximum Gasteiger partial charge on any atom is 0.0761 e. The van der Waals surface area contributed by atoms with Gasteiger partial charge in [0.25, 0.3) is 0 Å². The maximum atomic E-state index is 5.71. The fraction of sp³-hybridized carbons (Fsp3) is 0.436. The lowest BCUT2D eigenvalue weighted by molar-refractivity contribution is 0.553. The Morgan fingerprint density at radius 2 is 0.621 bits per heavy atom. The third-order valence-corrected chi connectivity index (χ3v) is 13.8. The van der Waals surface area contributed by atoms with E-state index in [2.05, 4.69) is 228 Å². The summed E-state index contributed by atoms with van der Waals surface area (Å²) in [5.74, 6) is 0. The minimum absolute atomic E-state index is 0.0347. The van der Waals surface area contributed by atoms with Gasteiger partial charge in [0.05, 0.1) is 11.4 Å². The van der Waals surface area contributed by atoms with E-state index in [1.165, 1.54) is 65.7 Å². The number of pyridine rings is 1. The molecule has 0 bridgehead atoms. The molecule has 0 amide bonds. The van der Waals surface area contributed by atoms with Crippen molar-refractivity contribution >= 4 is 37.6 Å². The van der Waals surface area contributed by atoms with Crippen LogP contribution >= 0.6 is 16.4 Å². The van der Waals surface area contributed by atoms with Gasteiger partial charge in [0.2, 0.25) is 0 Å². The standard InChI is InChI=1S/C55H71NP2/c1-50(2,3)38-32-40(52(7,8)9)48(41(33-38)53(10,11)12)57-46(36-26-21-19-22-27-36)44-30-25-31-45(56-44)47(37-28-23-20-24-29-37)58-49-42(54(13,14)15)34-39(51(4,5)6)35-43(49)55(16,17)18/h19-35H,1-18H3. The average Bonchev–Trinajstić information content (AvgIpc) is 3.10. The highest BCUT2D eigenvalue weighted by atomic mass is 31.1. The van der Waals surface area contributed by atoms with Gasteiger partial charge in [0, 0.05) is 21.2 Å². The van der Waals surface area contributed by atoms with Gasteiger partial charge in [-0.15, -0.1) is 0 Å². The van der Waals surface area contributed by atoms with E-state index in [-0.39, 0.29) is 32.5 Å². The van der Waals surface area contributed by atoms with E-state index in [1.807, 2.05) is 0 Å². The molecule has 0 atom stereocenters. The lowest BCUT2D eigenvalue weighted by Crippen LogP contribution is -2.30. The Bertz CT molecular complexity index is 2070. The minimum Gasteiger partial charge on any atom is -0.247 e. The van der Waals surface area contributed by atoms with Crippen LogP contribution in [0, 0.1) is 0 Å². The smallest absolute Gasteiger partial charge is 0.0761 e. The van der Waals surface area contributed by atoms with Crippen LogP contribution in [0.4, 0.5) is 0 Å². The Hall–Kier alpha value is -3.63. The zero-order valence-corrected chi connectivity index (χ0v) is 40.9. The van der Waals surface area contributed by atoms with Gasteiger partial charge in [0.1, 0.15) is 0 Å². The summed E-state index contributed by atoms with van der Waals surface area (Å²) in [4.78, 5) is 5.71. The number of aromatic nitrogens is 1. The van der Waals surface area contributed by atoms with Crippen LogP contribution in [0.15, 0.2) is 103 Å². The van der Waals surface area contributed by atoms with Crippen molar-refractivity contribution < 1.29 is 0 Å². The molecule has 5 aromatic rings. The zero-order chi connectivity index (χ0) is 43.2. The van der Waals surface area contributed by atoms with Crippen LogP contribution in [-0.2, 0) is 32.5 Å². The highest BCUT2D eigenvalue weighted by molar-refractivity contribution is 7.51. The Kier molecular flexibility index (Phi) is 12.9. The van der Waals surface area contributed by atoms with E-state index in [0.29, 0.717) is 0 Å². The third-order valence-electron chi connectivity index (χ3n) is 11.0. The summed E-state index contributed by atoms with van der Waals surface area (Å²) in [6, 6.07) is 38.6. The normalized spacial score (nSPS) is 13.9. The van der Waals surface area contributed by atoms with E-state index in [1.54, 1.807) is 0 Å². The molecule has 1 heterocycles. The summed E-state index contributed by atoms with van der Waals surface area (Å²) in [5.41, 5.74) is 12.7. The van der Waals surface area contributed by atoms with Crippen molar-refractivity contribution in [2.45, 2.75) is 157 Å². The quantitative estimate of drug-likeness (QED) is 0.156. The second kappa shape index (κ2) is 16.4. The molecule has 0 aliphatic rings. The average molecular weight is 808 g/mol. The molecule has 0 aliphatic heterocycles. The Balaban J connectivity index is 1.90. The van der Waals surface area contributed by atoms with Gasteiger partial charge >= 0.3 is 0 Å². The molecule has 0 saturated heterocycles. The molecule has 58 heavy (non-hydrogen) atoms. The Morgan fingerprint density at radius 3 is 0.862 bits per heavy atom. The summed E-state index contributed by atoms with van der Waals surface area (Å²) in [6.45, 7) is 42.4. The number of hydrogen-bond donors (Lipinski definition) is 0. The van der Waals surface area contributed by atoms with Crippen molar-refractivity contribution in [3.8, 4) is 0 Å². The summed E-state index contributed by atoms with van der Waals surface area (Å²) >= 11 is 0. The maximum absolute atomic E-state index is 5.71. The number of nitrogens with zero attached hydrogens (tertiary/aromatic N) is 1. The van der Waals surface area contributed by atoms with E-state index >= 15 is 0 Å². The van der Waals surface area contributed by atoms with Crippen LogP contribution < -0.4 is 10.6 Å². The van der Waals surface area contributed by atoms with Gasteiger partial charge in [0.15, 0.2) is 0 Å². The minimum atomic E-state index is -0.0497. The highest BCUT2D eigenvalue weighted by Crippen LogP contribution is 2.38. The Morgan fingerprint density at radius 1 is 0.345 bits per heavy atom. The van der Waals surface area contributed by atoms with Crippen molar-refractivity contribution in [3.05, 3.63) is 159 Å². The molecule has 0 saturated carbocycles. The van der Waals surface area contributed by atoms with Crippen molar-refractivity contribution in [3.63, 3.8) is 0 Å². The first kappa shape index (κ1) is 45.5. The van der Waals surface area contributed by atoms with Gasteiger partial charge in [-0.3, -0.25) is 0 Å². The van der Waals surface area contributed by atoms with Crippen molar-refractivity contribution in [1.29, 1.82) is 0 Å². The summed E-state index contributed by atoms with van der Waals surface area (Å²) < 4.78 is 0. The van der Waals surface area contributed by atoms with Crippen LogP contribution in [-0.4, -0.2) is 15.6 Å². The van der Waals surface area contributed by atoms with Gasteiger partial charge in [-0.1, -0.05) is 232 Å². The van der Waals surface area contributed by atoms with Crippen LogP contribution in [0.25, 0.3) is 0 Å². The fourth-order valence-corrected chi connectivity index (χ4v) is 10.9. The first-order valence-electron chi connectivity index (χ1n) is 21.2. The number of benzene rings is 4. The monoisotopic (exact) mass is 808 g/mol. The van der Waals surface area contributed by atoms with Gasteiger partial charge < -0.3 is 0 Å². The van der Waals surface area contributed by atoms with E-state index in [4.69, 9.17) is 4.98 Å². The first-order valence-corrected chi connectivity index (χ1v) is 23.0. The second-order valence-electron chi connectivity index (χ2n) is 22.4. The van der Waals surface area contributed by atoms with Gasteiger partial charge in [-0.2, -0.15) is 0 Å². The molecule has 306 valence electrons. The lowest BCUT2D eigenvalue weighted by atomic mass is 9.75. The van der Waals surface area contributed by atoms with Crippen molar-refractivity contribution in [2.75, 3.05) is 0 Å². The highest BCUT2D eigenvalue weighted by Gasteiger charge is 2.31. The molecule has 3 heteroatoms. The first-order chi connectivity index (χ1) is 26.6. The topological polar surface area (TPSA) is 12.9 Å². The van der Waals surface area contributed by atoms with Crippen LogP contribution in [0.2, 0.25) is 0 Å². The molecular weight excluding hydrogens is 737 g/mol. The molecule has 0 spiro atoms. The molecule has 5 rings (SSSR count). The SMILES string of the molecule is CC(C)(C)c1cc(C(C)(C)C)c(P=C(c2ccccc2)c2cccc(C(=Pc3c(C(C)(C)C)cc(C(C)(C)C)cc3C(C)(C)C)c3ccccc3)n2)c(C(C)(C)C)c1. The molecule has 4 aromatic carbocycles. The molecule has 0 aliphatic carbocycles. The predicted octanol–water partition coefficient (Wildman–Crippen LogP) is 14.5. The van der Waals surface area contributed by atoms with Crippen LogP contribution in [0.5, 0.6) is 0 Å². The van der Waals surface area contributed by atoms with Gasteiger partial charge in [-0.05, 0) is 89.1 Å². The van der Waals surface area contributed by atoms with E-state index < -0.39 is 0 Å². The molecular formula is C55H71NP2. The zero-order valence-electron chi connectivity index (χ0n) is 39.2. The molecule has 1 aromatic heterocycles. The molecule has 1 nitrogen and oxygen atoms in total. The third kappa shape index (κ3) is 10.6. The molecule has 0 unspecified atom stereocenters. The largest absolute Gasteiger partial charge is 0.247 e. The number of rotatable bonds is 6. The van der Waals surface area contributed by atoms with E-state index in [0.717, 1.165) is 27.8 Å². The van der Waals surface area contributed by atoms with Crippen LogP contribution in [0.1, 0.15) is 181 Å². The van der Waals surface area contributed by atoms with Crippen molar-refractivity contribution in [2.24, 2.45) is 0 Å². The predicted molar refractivity (Wildman–Crippen MR) is 262 cm³/mol. The van der Waals surface area contributed by atoms with E-state index in [9.17, 15) is 0 Å². The Labute approximate surface area is 357 Å². The molecule has 0 N–H and O–H groups in total.